The average molecular weight is 543 g/mol. The van der Waals surface area contributed by atoms with Crippen LogP contribution in [0, 0.1) is 6.92 Å². The average Bonchev–Trinajstić information content (AvgIpc) is 2.89. The molecule has 0 spiro atoms. The van der Waals surface area contributed by atoms with Crippen LogP contribution in [0.15, 0.2) is 58.7 Å². The minimum atomic E-state index is -1.37. The van der Waals surface area contributed by atoms with Gasteiger partial charge in [0.2, 0.25) is 6.29 Å². The largest absolute Gasteiger partial charge is 0.508 e. The number of aliphatic hydroxyl groups is 3. The highest BCUT2D eigenvalue weighted by molar-refractivity contribution is 5.46. The summed E-state index contributed by atoms with van der Waals surface area (Å²) >= 11 is 0. The van der Waals surface area contributed by atoms with E-state index in [1.54, 1.807) is 19.1 Å². The molecule has 4 N–H and O–H groups in total. The zero-order chi connectivity index (χ0) is 28.9. The van der Waals surface area contributed by atoms with Gasteiger partial charge in [-0.1, -0.05) is 53.5 Å². The van der Waals surface area contributed by atoms with Crippen molar-refractivity contribution < 1.29 is 29.9 Å². The minimum Gasteiger partial charge on any atom is -0.508 e. The summed E-state index contributed by atoms with van der Waals surface area (Å²) in [5, 5.41) is 40.2. The van der Waals surface area contributed by atoms with Crippen molar-refractivity contribution >= 4 is 0 Å². The van der Waals surface area contributed by atoms with E-state index in [0.717, 1.165) is 44.9 Å². The number of phenols is 1. The summed E-state index contributed by atoms with van der Waals surface area (Å²) in [4.78, 5) is 0. The molecule has 6 nitrogen and oxygen atoms in total. The highest BCUT2D eigenvalue weighted by Gasteiger charge is 2.39. The fourth-order valence-corrected chi connectivity index (χ4v) is 4.39. The van der Waals surface area contributed by atoms with E-state index in [2.05, 4.69) is 58.9 Å². The molecule has 39 heavy (non-hydrogen) atoms. The molecule has 6 heteroatoms. The molecule has 2 rings (SSSR count). The van der Waals surface area contributed by atoms with Crippen molar-refractivity contribution in [2.75, 3.05) is 6.61 Å². The van der Waals surface area contributed by atoms with Gasteiger partial charge >= 0.3 is 0 Å². The number of allylic oxidation sites excluding steroid dienone is 8. The van der Waals surface area contributed by atoms with Crippen LogP contribution in [0.3, 0.4) is 0 Å². The third-order valence-electron chi connectivity index (χ3n) is 7.40. The van der Waals surface area contributed by atoms with Gasteiger partial charge in [-0.15, -0.1) is 0 Å². The monoisotopic (exact) mass is 542 g/mol. The Kier molecular flexibility index (Phi) is 14.0. The van der Waals surface area contributed by atoms with Crippen molar-refractivity contribution in [1.29, 1.82) is 0 Å². The standard InChI is InChI=1S/C33H50O6/c1-7-22(2)11-8-12-23(3)13-9-14-24(4)15-10-16-25(5)17-18-27-20-30(26(6)19-28(27)34)39-33-32(37)31(36)29(35)21-38-33/h11,13,15,17,19-20,29,31-37H,7-10,12,14,16,18,21H2,1-6H3/b22-11+,23-13+,24-15+,25-17+/t29-,31-,32+,33+/m1/s1. The molecule has 1 aromatic rings. The van der Waals surface area contributed by atoms with Crippen molar-refractivity contribution in [3.8, 4) is 11.5 Å². The second-order valence-electron chi connectivity index (χ2n) is 11.0. The van der Waals surface area contributed by atoms with Crippen LogP contribution in [0.2, 0.25) is 0 Å². The van der Waals surface area contributed by atoms with Crippen molar-refractivity contribution in [2.45, 2.75) is 118 Å². The van der Waals surface area contributed by atoms with Gasteiger partial charge in [0.15, 0.2) is 0 Å². The van der Waals surface area contributed by atoms with Crippen LogP contribution in [0.5, 0.6) is 11.5 Å². The lowest BCUT2D eigenvalue weighted by atomic mass is 10.0. The van der Waals surface area contributed by atoms with Crippen LogP contribution < -0.4 is 4.74 Å². The number of ether oxygens (including phenoxy) is 2. The number of hydrogen-bond acceptors (Lipinski definition) is 6. The van der Waals surface area contributed by atoms with Crippen LogP contribution in [-0.2, 0) is 11.2 Å². The van der Waals surface area contributed by atoms with Crippen LogP contribution in [0.25, 0.3) is 0 Å². The number of rotatable bonds is 14. The maximum atomic E-state index is 10.5. The van der Waals surface area contributed by atoms with Crippen LogP contribution >= 0.6 is 0 Å². The molecule has 0 aliphatic carbocycles. The number of aromatic hydroxyl groups is 1. The Morgan fingerprint density at radius 1 is 0.846 bits per heavy atom. The Hall–Kier alpha value is -2.38. The Labute approximate surface area is 235 Å². The summed E-state index contributed by atoms with van der Waals surface area (Å²) < 4.78 is 11.2. The number of aliphatic hydroxyl groups excluding tert-OH is 3. The predicted octanol–water partition coefficient (Wildman–Crippen LogP) is 6.60. The van der Waals surface area contributed by atoms with Gasteiger partial charge in [-0.25, -0.2) is 0 Å². The second kappa shape index (κ2) is 16.7. The summed E-state index contributed by atoms with van der Waals surface area (Å²) in [6, 6.07) is 3.36. The summed E-state index contributed by atoms with van der Waals surface area (Å²) in [7, 11) is 0. The maximum Gasteiger partial charge on any atom is 0.228 e. The highest BCUT2D eigenvalue weighted by Crippen LogP contribution is 2.31. The van der Waals surface area contributed by atoms with E-state index in [-0.39, 0.29) is 12.4 Å². The van der Waals surface area contributed by atoms with Gasteiger partial charge in [0, 0.05) is 5.56 Å². The molecule has 0 radical (unpaired) electrons. The van der Waals surface area contributed by atoms with Gasteiger partial charge in [0.1, 0.15) is 29.8 Å². The molecule has 0 amide bonds. The highest BCUT2D eigenvalue weighted by atomic mass is 16.7. The smallest absolute Gasteiger partial charge is 0.228 e. The van der Waals surface area contributed by atoms with E-state index in [0.29, 0.717) is 23.3 Å². The molecule has 0 saturated carbocycles. The molecule has 0 unspecified atom stereocenters. The molecule has 1 aliphatic rings. The molecule has 1 fully saturated rings. The van der Waals surface area contributed by atoms with Gasteiger partial charge in [0.05, 0.1) is 6.61 Å². The second-order valence-corrected chi connectivity index (χ2v) is 11.0. The summed E-state index contributed by atoms with van der Waals surface area (Å²) in [5.41, 5.74) is 6.98. The zero-order valence-corrected chi connectivity index (χ0v) is 24.7. The Morgan fingerprint density at radius 3 is 1.95 bits per heavy atom. The first-order valence-corrected chi connectivity index (χ1v) is 14.3. The third-order valence-corrected chi connectivity index (χ3v) is 7.40. The van der Waals surface area contributed by atoms with Crippen molar-refractivity contribution in [1.82, 2.24) is 0 Å². The fraction of sp³-hybridized carbons (Fsp3) is 0.576. The van der Waals surface area contributed by atoms with Crippen LogP contribution in [-0.4, -0.2) is 51.6 Å². The van der Waals surface area contributed by atoms with E-state index in [1.807, 2.05) is 0 Å². The van der Waals surface area contributed by atoms with Crippen LogP contribution in [0.1, 0.15) is 90.7 Å². The number of phenolic OH excluding ortho intramolecular Hbond substituents is 1. The minimum absolute atomic E-state index is 0.129. The molecule has 1 saturated heterocycles. The number of benzene rings is 1. The molecule has 0 bridgehead atoms. The summed E-state index contributed by atoms with van der Waals surface area (Å²) in [5.74, 6) is 0.636. The number of aryl methyl sites for hydroxylation is 1. The SMILES string of the molecule is CC/C(C)=C/CC/C(C)=C/CC/C(C)=C/CC/C(C)=C/Cc1cc(O[C@@H]2OC[C@@H](O)[C@@H](O)[C@@H]2O)c(C)cc1O. The first kappa shape index (κ1) is 32.8. The third kappa shape index (κ3) is 11.3. The molecule has 4 atom stereocenters. The first-order chi connectivity index (χ1) is 18.5. The topological polar surface area (TPSA) is 99.4 Å². The van der Waals surface area contributed by atoms with Gasteiger partial charge in [-0.2, -0.15) is 0 Å². The summed E-state index contributed by atoms with van der Waals surface area (Å²) in [6.45, 7) is 12.6. The first-order valence-electron chi connectivity index (χ1n) is 14.3. The molecule has 1 aromatic carbocycles. The van der Waals surface area contributed by atoms with E-state index < -0.39 is 24.6 Å². The van der Waals surface area contributed by atoms with Crippen LogP contribution in [0.4, 0.5) is 0 Å². The lowest BCUT2D eigenvalue weighted by Gasteiger charge is -2.35. The molecular weight excluding hydrogens is 492 g/mol. The fourth-order valence-electron chi connectivity index (χ4n) is 4.39. The number of hydrogen-bond donors (Lipinski definition) is 4. The molecule has 218 valence electrons. The lowest BCUT2D eigenvalue weighted by molar-refractivity contribution is -0.242. The van der Waals surface area contributed by atoms with Crippen molar-refractivity contribution in [2.24, 2.45) is 0 Å². The zero-order valence-electron chi connectivity index (χ0n) is 24.7. The lowest BCUT2D eigenvalue weighted by Crippen LogP contribution is -2.54. The van der Waals surface area contributed by atoms with Crippen molar-refractivity contribution in [3.63, 3.8) is 0 Å². The Morgan fingerprint density at radius 2 is 1.38 bits per heavy atom. The van der Waals surface area contributed by atoms with E-state index >= 15 is 0 Å². The summed E-state index contributed by atoms with van der Waals surface area (Å²) in [6.07, 6.45) is 12.2. The molecule has 0 aromatic heterocycles. The Balaban J connectivity index is 1.84. The Bertz CT molecular complexity index is 1030. The quantitative estimate of drug-likeness (QED) is 0.198. The van der Waals surface area contributed by atoms with E-state index in [4.69, 9.17) is 9.47 Å². The molecular formula is C33H50O6. The van der Waals surface area contributed by atoms with Crippen molar-refractivity contribution in [3.05, 3.63) is 69.9 Å². The van der Waals surface area contributed by atoms with Gasteiger partial charge in [-0.3, -0.25) is 0 Å². The van der Waals surface area contributed by atoms with Gasteiger partial charge in [0.25, 0.3) is 0 Å². The van der Waals surface area contributed by atoms with Gasteiger partial charge in [-0.05, 0) is 104 Å². The maximum absolute atomic E-state index is 10.5. The van der Waals surface area contributed by atoms with E-state index in [9.17, 15) is 20.4 Å². The van der Waals surface area contributed by atoms with E-state index in [1.165, 1.54) is 22.3 Å². The normalized spacial score (nSPS) is 23.3. The predicted molar refractivity (Wildman–Crippen MR) is 158 cm³/mol. The van der Waals surface area contributed by atoms with Gasteiger partial charge < -0.3 is 29.9 Å². The molecule has 1 aliphatic heterocycles. The molecule has 1 heterocycles.